The van der Waals surface area contributed by atoms with E-state index in [0.717, 1.165) is 25.8 Å². The summed E-state index contributed by atoms with van der Waals surface area (Å²) in [5.41, 5.74) is 3.85. The fourth-order valence-corrected chi connectivity index (χ4v) is 3.10. The lowest BCUT2D eigenvalue weighted by atomic mass is 9.89. The molecular weight excluding hydrogens is 226 g/mol. The second-order valence-corrected chi connectivity index (χ2v) is 5.72. The van der Waals surface area contributed by atoms with Gasteiger partial charge in [-0.2, -0.15) is 0 Å². The number of nitrogens with zero attached hydrogens (tertiary/aromatic N) is 1. The molecule has 1 aromatic rings. The molecule has 3 nitrogen and oxygen atoms in total. The first-order valence-electron chi connectivity index (χ1n) is 6.67. The third kappa shape index (κ3) is 1.88. The van der Waals surface area contributed by atoms with E-state index in [9.17, 15) is 4.79 Å². The number of carbonyl (C=O) groups is 1. The summed E-state index contributed by atoms with van der Waals surface area (Å²) in [6.07, 6.45) is 4.66. The summed E-state index contributed by atoms with van der Waals surface area (Å²) in [5, 5.41) is 9.03. The number of hydrogen-bond acceptors (Lipinski definition) is 2. The van der Waals surface area contributed by atoms with Gasteiger partial charge in [-0.15, -0.1) is 0 Å². The molecule has 18 heavy (non-hydrogen) atoms. The van der Waals surface area contributed by atoms with E-state index in [1.54, 1.807) is 0 Å². The molecule has 0 aromatic heterocycles. The van der Waals surface area contributed by atoms with Crippen molar-refractivity contribution in [3.8, 4) is 0 Å². The van der Waals surface area contributed by atoms with Crippen LogP contribution in [0.3, 0.4) is 0 Å². The number of carboxylic acid groups (broad SMARTS) is 1. The van der Waals surface area contributed by atoms with Gasteiger partial charge in [-0.25, -0.2) is 0 Å². The lowest BCUT2D eigenvalue weighted by Crippen LogP contribution is -2.25. The molecule has 3 rings (SSSR count). The number of hydrogen-bond donors (Lipinski definition) is 1. The molecule has 1 fully saturated rings. The van der Waals surface area contributed by atoms with Gasteiger partial charge >= 0.3 is 5.97 Å². The quantitative estimate of drug-likeness (QED) is 0.889. The first-order chi connectivity index (χ1) is 8.61. The molecule has 3 heteroatoms. The average molecular weight is 245 g/mol. The Labute approximate surface area is 107 Å². The first-order valence-corrected chi connectivity index (χ1v) is 6.67. The van der Waals surface area contributed by atoms with Gasteiger partial charge in [-0.05, 0) is 42.9 Å². The van der Waals surface area contributed by atoms with E-state index < -0.39 is 5.97 Å². The maximum absolute atomic E-state index is 11.0. The first kappa shape index (κ1) is 11.6. The summed E-state index contributed by atoms with van der Waals surface area (Å²) < 4.78 is 0. The minimum absolute atomic E-state index is 0.0703. The van der Waals surface area contributed by atoms with E-state index in [1.165, 1.54) is 23.2 Å². The summed E-state index contributed by atoms with van der Waals surface area (Å²) in [7, 11) is 2.12. The third-order valence-electron chi connectivity index (χ3n) is 4.39. The van der Waals surface area contributed by atoms with Crippen LogP contribution >= 0.6 is 0 Å². The molecule has 0 unspecified atom stereocenters. The van der Waals surface area contributed by atoms with Crippen LogP contribution in [0.25, 0.3) is 0 Å². The second-order valence-electron chi connectivity index (χ2n) is 5.72. The minimum atomic E-state index is -0.682. The molecule has 1 aliphatic carbocycles. The number of fused-ring (bicyclic) bond motifs is 1. The van der Waals surface area contributed by atoms with Gasteiger partial charge in [-0.1, -0.05) is 12.1 Å². The summed E-state index contributed by atoms with van der Waals surface area (Å²) in [5.74, 6) is -0.682. The molecule has 0 saturated heterocycles. The highest BCUT2D eigenvalue weighted by molar-refractivity contribution is 5.70. The normalized spacial score (nSPS) is 20.4. The van der Waals surface area contributed by atoms with Crippen LogP contribution in [-0.2, 0) is 16.6 Å². The molecule has 1 N–H and O–H groups in total. The standard InChI is InChI=1S/C15H19NO2/c1-16-8-2-3-11-4-5-12(9-13(11)16)15(6-7-15)10-14(17)18/h4-5,9H,2-3,6-8,10H2,1H3,(H,17,18). The van der Waals surface area contributed by atoms with Crippen molar-refractivity contribution in [2.45, 2.75) is 37.5 Å². The average Bonchev–Trinajstić information content (AvgIpc) is 3.09. The summed E-state index contributed by atoms with van der Waals surface area (Å²) in [6, 6.07) is 6.57. The Morgan fingerprint density at radius 2 is 2.22 bits per heavy atom. The van der Waals surface area contributed by atoms with Crippen LogP contribution in [0.2, 0.25) is 0 Å². The van der Waals surface area contributed by atoms with Gasteiger partial charge in [-0.3, -0.25) is 4.79 Å². The van der Waals surface area contributed by atoms with Crippen molar-refractivity contribution < 1.29 is 9.90 Å². The van der Waals surface area contributed by atoms with E-state index in [2.05, 4.69) is 30.1 Å². The fraction of sp³-hybridized carbons (Fsp3) is 0.533. The molecule has 1 aliphatic heterocycles. The van der Waals surface area contributed by atoms with Crippen LogP contribution in [0.4, 0.5) is 5.69 Å². The number of aryl methyl sites for hydroxylation is 1. The predicted octanol–water partition coefficient (Wildman–Crippen LogP) is 2.58. The topological polar surface area (TPSA) is 40.5 Å². The number of benzene rings is 1. The Hall–Kier alpha value is -1.51. The molecular formula is C15H19NO2. The van der Waals surface area contributed by atoms with Crippen molar-refractivity contribution >= 4 is 11.7 Å². The van der Waals surface area contributed by atoms with Crippen LogP contribution in [0.15, 0.2) is 18.2 Å². The molecule has 0 amide bonds. The van der Waals surface area contributed by atoms with Gasteiger partial charge in [0, 0.05) is 24.7 Å². The predicted molar refractivity (Wildman–Crippen MR) is 71.2 cm³/mol. The molecule has 96 valence electrons. The Morgan fingerprint density at radius 3 is 2.89 bits per heavy atom. The van der Waals surface area contributed by atoms with Gasteiger partial charge in [0.2, 0.25) is 0 Å². The van der Waals surface area contributed by atoms with Gasteiger partial charge in [0.25, 0.3) is 0 Å². The van der Waals surface area contributed by atoms with Crippen molar-refractivity contribution in [2.24, 2.45) is 0 Å². The third-order valence-corrected chi connectivity index (χ3v) is 4.39. The molecule has 0 bridgehead atoms. The second kappa shape index (κ2) is 4.01. The van der Waals surface area contributed by atoms with Crippen molar-refractivity contribution in [3.63, 3.8) is 0 Å². The van der Waals surface area contributed by atoms with Gasteiger partial charge in [0.15, 0.2) is 0 Å². The van der Waals surface area contributed by atoms with Crippen molar-refractivity contribution in [1.29, 1.82) is 0 Å². The zero-order chi connectivity index (χ0) is 12.8. The molecule has 0 spiro atoms. The van der Waals surface area contributed by atoms with Crippen LogP contribution < -0.4 is 4.90 Å². The van der Waals surface area contributed by atoms with Gasteiger partial charge < -0.3 is 10.0 Å². The fourth-order valence-electron chi connectivity index (χ4n) is 3.10. The summed E-state index contributed by atoms with van der Waals surface area (Å²) in [6.45, 7) is 1.10. The van der Waals surface area contributed by atoms with Crippen molar-refractivity contribution in [2.75, 3.05) is 18.5 Å². The van der Waals surface area contributed by atoms with Gasteiger partial charge in [0.05, 0.1) is 6.42 Å². The van der Waals surface area contributed by atoms with E-state index in [4.69, 9.17) is 5.11 Å². The lowest BCUT2D eigenvalue weighted by Gasteiger charge is -2.29. The van der Waals surface area contributed by atoms with E-state index in [-0.39, 0.29) is 11.8 Å². The van der Waals surface area contributed by atoms with Crippen LogP contribution in [0.1, 0.15) is 36.8 Å². The zero-order valence-electron chi connectivity index (χ0n) is 10.8. The Balaban J connectivity index is 1.95. The van der Waals surface area contributed by atoms with Crippen molar-refractivity contribution in [3.05, 3.63) is 29.3 Å². The highest BCUT2D eigenvalue weighted by Crippen LogP contribution is 2.52. The number of carboxylic acids is 1. The SMILES string of the molecule is CN1CCCc2ccc(C3(CC(=O)O)CC3)cc21. The maximum Gasteiger partial charge on any atom is 0.304 e. The van der Waals surface area contributed by atoms with Crippen LogP contribution in [-0.4, -0.2) is 24.7 Å². The van der Waals surface area contributed by atoms with E-state index >= 15 is 0 Å². The molecule has 0 radical (unpaired) electrons. The summed E-state index contributed by atoms with van der Waals surface area (Å²) in [4.78, 5) is 13.3. The summed E-state index contributed by atoms with van der Waals surface area (Å²) >= 11 is 0. The molecule has 1 heterocycles. The molecule has 1 aromatic carbocycles. The number of rotatable bonds is 3. The van der Waals surface area contributed by atoms with E-state index in [1.807, 2.05) is 0 Å². The van der Waals surface area contributed by atoms with Crippen LogP contribution in [0, 0.1) is 0 Å². The maximum atomic E-state index is 11.0. The van der Waals surface area contributed by atoms with Crippen LogP contribution in [0.5, 0.6) is 0 Å². The molecule has 1 saturated carbocycles. The number of aliphatic carboxylic acids is 1. The largest absolute Gasteiger partial charge is 0.481 e. The molecule has 2 aliphatic rings. The van der Waals surface area contributed by atoms with Gasteiger partial charge in [0.1, 0.15) is 0 Å². The van der Waals surface area contributed by atoms with E-state index in [0.29, 0.717) is 0 Å². The zero-order valence-corrected chi connectivity index (χ0v) is 10.8. The Morgan fingerprint density at radius 1 is 1.44 bits per heavy atom. The number of anilines is 1. The highest BCUT2D eigenvalue weighted by Gasteiger charge is 2.46. The smallest absolute Gasteiger partial charge is 0.304 e. The molecule has 0 atom stereocenters. The Kier molecular flexibility index (Phi) is 2.58. The Bertz CT molecular complexity index is 491. The van der Waals surface area contributed by atoms with Crippen molar-refractivity contribution in [1.82, 2.24) is 0 Å². The lowest BCUT2D eigenvalue weighted by molar-refractivity contribution is -0.137. The minimum Gasteiger partial charge on any atom is -0.481 e. The highest BCUT2D eigenvalue weighted by atomic mass is 16.4. The monoisotopic (exact) mass is 245 g/mol.